The van der Waals surface area contributed by atoms with Gasteiger partial charge in [-0.25, -0.2) is 13.1 Å². The van der Waals surface area contributed by atoms with Crippen molar-refractivity contribution in [3.8, 4) is 5.75 Å². The summed E-state index contributed by atoms with van der Waals surface area (Å²) in [6, 6.07) is 13.1. The molecular weight excluding hydrogens is 412 g/mol. The number of carbonyl (C=O) groups excluding carboxylic acids is 1. The van der Waals surface area contributed by atoms with Crippen molar-refractivity contribution in [2.24, 2.45) is 17.8 Å². The SMILES string of the molecule is CCOc1ccc(C(=O)Nc2ccc(S(=O)(=O)N[C@H](C)[C@@H]3C[C@H]4CC[C@H]3C4)cc2)cc1. The summed E-state index contributed by atoms with van der Waals surface area (Å²) in [5, 5.41) is 2.80. The standard InChI is InChI=1S/C24H30N2O4S/c1-3-30-21-10-6-18(7-11-21)24(27)25-20-8-12-22(13-9-20)31(28,29)26-16(2)23-15-17-4-5-19(23)14-17/h6-13,16-17,19,23,26H,3-5,14-15H2,1-2H3,(H,25,27)/t16-,17+,19+,23+/m1/s1. The zero-order valence-corrected chi connectivity index (χ0v) is 18.8. The Hall–Kier alpha value is -2.38. The van der Waals surface area contributed by atoms with Crippen LogP contribution in [0.15, 0.2) is 53.4 Å². The maximum absolute atomic E-state index is 12.8. The monoisotopic (exact) mass is 442 g/mol. The third kappa shape index (κ3) is 4.93. The molecule has 2 aliphatic carbocycles. The number of benzene rings is 2. The van der Waals surface area contributed by atoms with Gasteiger partial charge in [-0.1, -0.05) is 6.42 Å². The number of anilines is 1. The van der Waals surface area contributed by atoms with E-state index in [1.165, 1.54) is 31.4 Å². The number of ether oxygens (including phenoxy) is 1. The molecule has 0 heterocycles. The van der Waals surface area contributed by atoms with E-state index in [-0.39, 0.29) is 16.8 Å². The van der Waals surface area contributed by atoms with E-state index in [0.29, 0.717) is 35.4 Å². The van der Waals surface area contributed by atoms with Crippen molar-refractivity contribution in [3.63, 3.8) is 0 Å². The van der Waals surface area contributed by atoms with Crippen LogP contribution in [-0.2, 0) is 10.0 Å². The first-order valence-corrected chi connectivity index (χ1v) is 12.5. The lowest BCUT2D eigenvalue weighted by Crippen LogP contribution is -2.40. The Bertz CT molecular complexity index is 1020. The van der Waals surface area contributed by atoms with Crippen LogP contribution in [0.2, 0.25) is 0 Å². The predicted molar refractivity (Wildman–Crippen MR) is 121 cm³/mol. The van der Waals surface area contributed by atoms with Crippen LogP contribution in [0.5, 0.6) is 5.75 Å². The summed E-state index contributed by atoms with van der Waals surface area (Å²) in [5.74, 6) is 2.31. The highest BCUT2D eigenvalue weighted by atomic mass is 32.2. The van der Waals surface area contributed by atoms with Gasteiger partial charge in [0.1, 0.15) is 5.75 Å². The molecule has 0 aromatic heterocycles. The first-order chi connectivity index (χ1) is 14.9. The van der Waals surface area contributed by atoms with Crippen molar-refractivity contribution in [1.29, 1.82) is 0 Å². The second-order valence-electron chi connectivity index (χ2n) is 8.68. The molecular formula is C24H30N2O4S. The van der Waals surface area contributed by atoms with E-state index in [2.05, 4.69) is 10.0 Å². The molecule has 4 rings (SSSR count). The van der Waals surface area contributed by atoms with Crippen LogP contribution in [0.3, 0.4) is 0 Å². The molecule has 2 aromatic rings. The number of fused-ring (bicyclic) bond motifs is 2. The fraction of sp³-hybridized carbons (Fsp3) is 0.458. The minimum absolute atomic E-state index is 0.0701. The lowest BCUT2D eigenvalue weighted by Gasteiger charge is -2.28. The Morgan fingerprint density at radius 1 is 1.06 bits per heavy atom. The smallest absolute Gasteiger partial charge is 0.255 e. The molecule has 166 valence electrons. The van der Waals surface area contributed by atoms with Gasteiger partial charge in [0.15, 0.2) is 0 Å². The highest BCUT2D eigenvalue weighted by Gasteiger charge is 2.42. The molecule has 0 saturated heterocycles. The summed E-state index contributed by atoms with van der Waals surface area (Å²) >= 11 is 0. The van der Waals surface area contributed by atoms with Gasteiger partial charge in [-0.15, -0.1) is 0 Å². The fourth-order valence-electron chi connectivity index (χ4n) is 5.10. The molecule has 31 heavy (non-hydrogen) atoms. The molecule has 0 radical (unpaired) electrons. The summed E-state index contributed by atoms with van der Waals surface area (Å²) in [5.41, 5.74) is 1.04. The van der Waals surface area contributed by atoms with Crippen LogP contribution >= 0.6 is 0 Å². The van der Waals surface area contributed by atoms with E-state index < -0.39 is 10.0 Å². The molecule has 0 aliphatic heterocycles. The number of sulfonamides is 1. The van der Waals surface area contributed by atoms with Crippen molar-refractivity contribution in [2.45, 2.75) is 50.5 Å². The van der Waals surface area contributed by atoms with Crippen molar-refractivity contribution < 1.29 is 17.9 Å². The lowest BCUT2D eigenvalue weighted by molar-refractivity contribution is 0.102. The molecule has 2 fully saturated rings. The average Bonchev–Trinajstić information content (AvgIpc) is 3.38. The zero-order valence-electron chi connectivity index (χ0n) is 18.0. The number of amides is 1. The van der Waals surface area contributed by atoms with Crippen molar-refractivity contribution in [3.05, 3.63) is 54.1 Å². The first kappa shape index (κ1) is 21.8. The van der Waals surface area contributed by atoms with Crippen molar-refractivity contribution >= 4 is 21.6 Å². The minimum Gasteiger partial charge on any atom is -0.494 e. The number of rotatable bonds is 8. The number of hydrogen-bond donors (Lipinski definition) is 2. The largest absolute Gasteiger partial charge is 0.494 e. The Labute approximate surface area is 184 Å². The van der Waals surface area contributed by atoms with Crippen molar-refractivity contribution in [1.82, 2.24) is 4.72 Å². The van der Waals surface area contributed by atoms with E-state index in [4.69, 9.17) is 4.74 Å². The molecule has 0 unspecified atom stereocenters. The lowest BCUT2D eigenvalue weighted by atomic mass is 9.84. The molecule has 7 heteroatoms. The summed E-state index contributed by atoms with van der Waals surface area (Å²) in [4.78, 5) is 12.6. The molecule has 6 nitrogen and oxygen atoms in total. The van der Waals surface area contributed by atoms with Crippen LogP contribution in [0, 0.1) is 17.8 Å². The summed E-state index contributed by atoms with van der Waals surface area (Å²) in [6.45, 7) is 4.45. The number of nitrogens with one attached hydrogen (secondary N) is 2. The van der Waals surface area contributed by atoms with Crippen LogP contribution in [0.4, 0.5) is 5.69 Å². The quantitative estimate of drug-likeness (QED) is 0.633. The van der Waals surface area contributed by atoms with Gasteiger partial charge in [0.2, 0.25) is 10.0 Å². The molecule has 4 atom stereocenters. The molecule has 2 N–H and O–H groups in total. The maximum atomic E-state index is 12.8. The second-order valence-corrected chi connectivity index (χ2v) is 10.4. The van der Waals surface area contributed by atoms with Crippen LogP contribution in [-0.4, -0.2) is 27.0 Å². The number of carbonyl (C=O) groups is 1. The van der Waals surface area contributed by atoms with Gasteiger partial charge >= 0.3 is 0 Å². The molecule has 2 aliphatic rings. The van der Waals surface area contributed by atoms with Crippen LogP contribution in [0.1, 0.15) is 49.9 Å². The molecule has 1 amide bonds. The van der Waals surface area contributed by atoms with Gasteiger partial charge < -0.3 is 10.1 Å². The van der Waals surface area contributed by atoms with Gasteiger partial charge in [0.05, 0.1) is 11.5 Å². The molecule has 2 aromatic carbocycles. The highest BCUT2D eigenvalue weighted by Crippen LogP contribution is 2.49. The molecule has 2 saturated carbocycles. The minimum atomic E-state index is -3.60. The summed E-state index contributed by atoms with van der Waals surface area (Å²) < 4.78 is 33.9. The second kappa shape index (κ2) is 9.01. The topological polar surface area (TPSA) is 84.5 Å². The van der Waals surface area contributed by atoms with E-state index in [0.717, 1.165) is 12.3 Å². The Balaban J connectivity index is 1.37. The number of hydrogen-bond acceptors (Lipinski definition) is 4. The van der Waals surface area contributed by atoms with Gasteiger partial charge in [0, 0.05) is 17.3 Å². The zero-order chi connectivity index (χ0) is 22.0. The van der Waals surface area contributed by atoms with E-state index in [1.54, 1.807) is 36.4 Å². The van der Waals surface area contributed by atoms with E-state index >= 15 is 0 Å². The average molecular weight is 443 g/mol. The predicted octanol–water partition coefficient (Wildman–Crippen LogP) is 4.44. The van der Waals surface area contributed by atoms with Gasteiger partial charge in [-0.05, 0) is 99.4 Å². The third-order valence-electron chi connectivity index (χ3n) is 6.63. The normalized spacial score (nSPS) is 23.5. The highest BCUT2D eigenvalue weighted by molar-refractivity contribution is 7.89. The van der Waals surface area contributed by atoms with Crippen LogP contribution < -0.4 is 14.8 Å². The van der Waals surface area contributed by atoms with Gasteiger partial charge in [-0.3, -0.25) is 4.79 Å². The molecule has 0 spiro atoms. The van der Waals surface area contributed by atoms with Gasteiger partial charge in [-0.2, -0.15) is 0 Å². The van der Waals surface area contributed by atoms with Crippen molar-refractivity contribution in [2.75, 3.05) is 11.9 Å². The molecule has 2 bridgehead atoms. The Morgan fingerprint density at radius 2 is 1.77 bits per heavy atom. The van der Waals surface area contributed by atoms with E-state index in [9.17, 15) is 13.2 Å². The first-order valence-electron chi connectivity index (χ1n) is 11.0. The van der Waals surface area contributed by atoms with Crippen LogP contribution in [0.25, 0.3) is 0 Å². The fourth-order valence-corrected chi connectivity index (χ4v) is 6.39. The third-order valence-corrected chi connectivity index (χ3v) is 8.20. The summed E-state index contributed by atoms with van der Waals surface area (Å²) in [7, 11) is -3.60. The Morgan fingerprint density at radius 3 is 2.35 bits per heavy atom. The Kier molecular flexibility index (Phi) is 6.34. The maximum Gasteiger partial charge on any atom is 0.255 e. The van der Waals surface area contributed by atoms with Gasteiger partial charge in [0.25, 0.3) is 5.91 Å². The summed E-state index contributed by atoms with van der Waals surface area (Å²) in [6.07, 6.45) is 4.90. The van der Waals surface area contributed by atoms with E-state index in [1.807, 2.05) is 13.8 Å².